The van der Waals surface area contributed by atoms with Crippen molar-refractivity contribution in [3.63, 3.8) is 0 Å². The average molecular weight is 242 g/mol. The van der Waals surface area contributed by atoms with Gasteiger partial charge in [-0.2, -0.15) is 0 Å². The maximum absolute atomic E-state index is 11.3. The number of rotatable bonds is 3. The van der Waals surface area contributed by atoms with Gasteiger partial charge in [-0.1, -0.05) is 20.8 Å². The summed E-state index contributed by atoms with van der Waals surface area (Å²) in [4.78, 5) is 22.5. The summed E-state index contributed by atoms with van der Waals surface area (Å²) in [7, 11) is 0. The summed E-state index contributed by atoms with van der Waals surface area (Å²) in [6, 6.07) is 0.0247. The summed E-state index contributed by atoms with van der Waals surface area (Å²) in [5.41, 5.74) is 4.95. The van der Waals surface area contributed by atoms with Crippen LogP contribution in [0.2, 0.25) is 0 Å². The second-order valence-electron chi connectivity index (χ2n) is 5.46. The molecular weight excluding hydrogens is 220 g/mol. The molecule has 0 spiro atoms. The summed E-state index contributed by atoms with van der Waals surface area (Å²) in [5, 5.41) is 12.1. The Balaban J connectivity index is 2.78. The van der Waals surface area contributed by atoms with Crippen molar-refractivity contribution >= 4 is 11.9 Å². The topological polar surface area (TPSA) is 92.4 Å². The van der Waals surface area contributed by atoms with Gasteiger partial charge in [0.2, 0.25) is 5.91 Å². The van der Waals surface area contributed by atoms with Gasteiger partial charge in [0.25, 0.3) is 0 Å². The molecule has 1 saturated carbocycles. The molecule has 3 unspecified atom stereocenters. The van der Waals surface area contributed by atoms with E-state index in [1.807, 2.05) is 20.8 Å². The van der Waals surface area contributed by atoms with Crippen LogP contribution in [0.3, 0.4) is 0 Å². The van der Waals surface area contributed by atoms with Crippen LogP contribution in [0.15, 0.2) is 0 Å². The predicted molar refractivity (Wildman–Crippen MR) is 64.3 cm³/mol. The number of nitrogens with two attached hydrogens (primary N) is 1. The van der Waals surface area contributed by atoms with Gasteiger partial charge in [-0.3, -0.25) is 9.59 Å². The fourth-order valence-electron chi connectivity index (χ4n) is 2.71. The lowest BCUT2D eigenvalue weighted by Crippen LogP contribution is -2.53. The molecule has 1 rings (SSSR count). The lowest BCUT2D eigenvalue weighted by Gasteiger charge is -2.46. The number of hydrogen-bond acceptors (Lipinski definition) is 3. The number of carbonyl (C=O) groups is 2. The number of carboxylic acid groups (broad SMARTS) is 1. The lowest BCUT2D eigenvalue weighted by molar-refractivity contribution is -0.150. The standard InChI is InChI=1S/C12H22N2O3/c1-7-9(14-10(15)6-13)5-4-8(11(16)17)12(7,2)3/h7-9H,4-6,13H2,1-3H3,(H,14,15)(H,16,17). The Labute approximate surface area is 102 Å². The van der Waals surface area contributed by atoms with E-state index in [4.69, 9.17) is 5.73 Å². The molecule has 4 N–H and O–H groups in total. The van der Waals surface area contributed by atoms with E-state index in [0.717, 1.165) is 0 Å². The zero-order valence-corrected chi connectivity index (χ0v) is 10.7. The zero-order valence-electron chi connectivity index (χ0n) is 10.7. The first kappa shape index (κ1) is 14.0. The van der Waals surface area contributed by atoms with Crippen molar-refractivity contribution in [2.75, 3.05) is 6.54 Å². The van der Waals surface area contributed by atoms with Crippen molar-refractivity contribution in [1.82, 2.24) is 5.32 Å². The largest absolute Gasteiger partial charge is 0.481 e. The van der Waals surface area contributed by atoms with Crippen molar-refractivity contribution in [3.05, 3.63) is 0 Å². The summed E-state index contributed by atoms with van der Waals surface area (Å²) < 4.78 is 0. The summed E-state index contributed by atoms with van der Waals surface area (Å²) in [6.07, 6.45) is 1.30. The van der Waals surface area contributed by atoms with E-state index in [9.17, 15) is 14.7 Å². The Morgan fingerprint density at radius 3 is 2.47 bits per heavy atom. The second kappa shape index (κ2) is 5.04. The molecule has 0 saturated heterocycles. The third kappa shape index (κ3) is 2.77. The zero-order chi connectivity index (χ0) is 13.2. The first-order valence-electron chi connectivity index (χ1n) is 6.03. The first-order valence-corrected chi connectivity index (χ1v) is 6.03. The van der Waals surface area contributed by atoms with Crippen molar-refractivity contribution in [3.8, 4) is 0 Å². The minimum atomic E-state index is -0.745. The molecule has 5 nitrogen and oxygen atoms in total. The number of hydrogen-bond donors (Lipinski definition) is 3. The molecule has 0 heterocycles. The monoisotopic (exact) mass is 242 g/mol. The predicted octanol–water partition coefficient (Wildman–Crippen LogP) is 0.587. The Kier molecular flexibility index (Phi) is 4.14. The fraction of sp³-hybridized carbons (Fsp3) is 0.833. The third-order valence-electron chi connectivity index (χ3n) is 4.27. The second-order valence-corrected chi connectivity index (χ2v) is 5.46. The molecule has 1 amide bonds. The summed E-state index contributed by atoms with van der Waals surface area (Å²) in [6.45, 7) is 5.89. The van der Waals surface area contributed by atoms with E-state index in [2.05, 4.69) is 5.32 Å². The van der Waals surface area contributed by atoms with Crippen LogP contribution in [-0.2, 0) is 9.59 Å². The fourth-order valence-corrected chi connectivity index (χ4v) is 2.71. The van der Waals surface area contributed by atoms with Gasteiger partial charge >= 0.3 is 5.97 Å². The van der Waals surface area contributed by atoms with Gasteiger partial charge in [0.1, 0.15) is 0 Å². The van der Waals surface area contributed by atoms with Gasteiger partial charge in [0.15, 0.2) is 0 Å². The van der Waals surface area contributed by atoms with Crippen LogP contribution < -0.4 is 11.1 Å². The van der Waals surface area contributed by atoms with Crippen molar-refractivity contribution in [1.29, 1.82) is 0 Å². The smallest absolute Gasteiger partial charge is 0.307 e. The third-order valence-corrected chi connectivity index (χ3v) is 4.27. The molecule has 1 aliphatic rings. The molecule has 17 heavy (non-hydrogen) atoms. The first-order chi connectivity index (χ1) is 7.80. The maximum Gasteiger partial charge on any atom is 0.307 e. The van der Waals surface area contributed by atoms with Crippen LogP contribution in [0.4, 0.5) is 0 Å². The Morgan fingerprint density at radius 1 is 1.41 bits per heavy atom. The summed E-state index contributed by atoms with van der Waals surface area (Å²) >= 11 is 0. The average Bonchev–Trinajstić information content (AvgIpc) is 2.24. The molecule has 98 valence electrons. The van der Waals surface area contributed by atoms with Gasteiger partial charge in [0.05, 0.1) is 12.5 Å². The highest BCUT2D eigenvalue weighted by Crippen LogP contribution is 2.44. The Hall–Kier alpha value is -1.10. The number of carboxylic acids is 1. The van der Waals surface area contributed by atoms with Gasteiger partial charge < -0.3 is 16.2 Å². The summed E-state index contributed by atoms with van der Waals surface area (Å²) in [5.74, 6) is -1.15. The van der Waals surface area contributed by atoms with Crippen LogP contribution in [0, 0.1) is 17.3 Å². The number of nitrogens with one attached hydrogen (secondary N) is 1. The molecule has 1 fully saturated rings. The number of aliphatic carboxylic acids is 1. The number of amides is 1. The molecule has 0 aromatic heterocycles. The van der Waals surface area contributed by atoms with E-state index in [1.165, 1.54) is 0 Å². The highest BCUT2D eigenvalue weighted by atomic mass is 16.4. The Bertz CT molecular complexity index is 315. The van der Waals surface area contributed by atoms with Crippen LogP contribution in [0.1, 0.15) is 33.6 Å². The highest BCUT2D eigenvalue weighted by Gasteiger charge is 2.46. The van der Waals surface area contributed by atoms with E-state index in [1.54, 1.807) is 0 Å². The van der Waals surface area contributed by atoms with Crippen molar-refractivity contribution in [2.24, 2.45) is 23.0 Å². The van der Waals surface area contributed by atoms with Crippen LogP contribution in [0.25, 0.3) is 0 Å². The van der Waals surface area contributed by atoms with Gasteiger partial charge in [-0.05, 0) is 24.2 Å². The van der Waals surface area contributed by atoms with Crippen LogP contribution in [0.5, 0.6) is 0 Å². The maximum atomic E-state index is 11.3. The van der Waals surface area contributed by atoms with Gasteiger partial charge in [0, 0.05) is 6.04 Å². The van der Waals surface area contributed by atoms with Crippen LogP contribution in [-0.4, -0.2) is 29.6 Å². The van der Waals surface area contributed by atoms with E-state index in [0.29, 0.717) is 12.8 Å². The van der Waals surface area contributed by atoms with Crippen molar-refractivity contribution < 1.29 is 14.7 Å². The van der Waals surface area contributed by atoms with E-state index in [-0.39, 0.29) is 35.7 Å². The molecule has 0 aliphatic heterocycles. The minimum absolute atomic E-state index is 0.0218. The Morgan fingerprint density at radius 2 is 2.00 bits per heavy atom. The molecule has 0 radical (unpaired) electrons. The molecular formula is C12H22N2O3. The normalized spacial score (nSPS) is 31.9. The minimum Gasteiger partial charge on any atom is -0.481 e. The molecule has 1 aliphatic carbocycles. The van der Waals surface area contributed by atoms with Crippen LogP contribution >= 0.6 is 0 Å². The quantitative estimate of drug-likeness (QED) is 0.675. The molecule has 5 heteroatoms. The van der Waals surface area contributed by atoms with Gasteiger partial charge in [-0.25, -0.2) is 0 Å². The molecule has 0 bridgehead atoms. The molecule has 3 atom stereocenters. The highest BCUT2D eigenvalue weighted by molar-refractivity contribution is 5.78. The SMILES string of the molecule is CC1C(NC(=O)CN)CCC(C(=O)O)C1(C)C. The van der Waals surface area contributed by atoms with Crippen molar-refractivity contribution in [2.45, 2.75) is 39.7 Å². The lowest BCUT2D eigenvalue weighted by atomic mass is 9.61. The van der Waals surface area contributed by atoms with E-state index < -0.39 is 5.97 Å². The van der Waals surface area contributed by atoms with Gasteiger partial charge in [-0.15, -0.1) is 0 Å². The molecule has 0 aromatic carbocycles. The van der Waals surface area contributed by atoms with E-state index >= 15 is 0 Å². The number of carbonyl (C=O) groups excluding carboxylic acids is 1. The molecule has 0 aromatic rings.